The lowest BCUT2D eigenvalue weighted by Gasteiger charge is -2.27. The van der Waals surface area contributed by atoms with Crippen LogP contribution in [0.25, 0.3) is 0 Å². The second kappa shape index (κ2) is 11.5. The molecule has 9 heteroatoms. The minimum absolute atomic E-state index is 0.0667. The summed E-state index contributed by atoms with van der Waals surface area (Å²) < 4.78 is 20.1. The molecule has 2 aliphatic heterocycles. The summed E-state index contributed by atoms with van der Waals surface area (Å²) >= 11 is 12.7. The molecule has 1 aromatic heterocycles. The van der Waals surface area contributed by atoms with Crippen LogP contribution in [0.15, 0.2) is 43.0 Å². The summed E-state index contributed by atoms with van der Waals surface area (Å²) in [6.45, 7) is 9.83. The van der Waals surface area contributed by atoms with Crippen molar-refractivity contribution >= 4 is 23.2 Å². The van der Waals surface area contributed by atoms with E-state index < -0.39 is 0 Å². The van der Waals surface area contributed by atoms with Gasteiger partial charge in [0, 0.05) is 35.6 Å². The molecule has 2 aliphatic rings. The molecule has 0 aliphatic carbocycles. The number of morpholine rings is 1. The van der Waals surface area contributed by atoms with E-state index in [1.54, 1.807) is 17.1 Å². The third-order valence-electron chi connectivity index (χ3n) is 7.08. The van der Waals surface area contributed by atoms with Gasteiger partial charge in [0.05, 0.1) is 32.0 Å². The molecule has 0 bridgehead atoms. The molecule has 3 heterocycles. The molecule has 2 saturated heterocycles. The Labute approximate surface area is 222 Å². The van der Waals surface area contributed by atoms with E-state index in [0.29, 0.717) is 23.2 Å². The monoisotopic (exact) mass is 530 g/mol. The highest BCUT2D eigenvalue weighted by atomic mass is 35.5. The van der Waals surface area contributed by atoms with E-state index >= 15 is 0 Å². The summed E-state index contributed by atoms with van der Waals surface area (Å²) in [6.07, 6.45) is 3.88. The molecule has 36 heavy (non-hydrogen) atoms. The van der Waals surface area contributed by atoms with Crippen molar-refractivity contribution < 1.29 is 14.2 Å². The van der Waals surface area contributed by atoms with Crippen molar-refractivity contribution in [2.24, 2.45) is 0 Å². The van der Waals surface area contributed by atoms with E-state index in [1.807, 2.05) is 12.1 Å². The number of halogens is 2. The Hall–Kier alpha value is -2.16. The second-order valence-electron chi connectivity index (χ2n) is 9.67. The van der Waals surface area contributed by atoms with Gasteiger partial charge in [0.1, 0.15) is 25.0 Å². The number of hydrogen-bond acceptors (Lipinski definition) is 6. The predicted octanol–water partition coefficient (Wildman–Crippen LogP) is 5.05. The zero-order valence-electron chi connectivity index (χ0n) is 20.7. The van der Waals surface area contributed by atoms with E-state index in [9.17, 15) is 0 Å². The highest BCUT2D eigenvalue weighted by molar-refractivity contribution is 6.35. The lowest BCUT2D eigenvalue weighted by atomic mass is 9.91. The zero-order valence-corrected chi connectivity index (χ0v) is 22.2. The molecule has 192 valence electrons. The molecular weight excluding hydrogens is 499 g/mol. The molecular formula is C27H32Cl2N4O3. The summed E-state index contributed by atoms with van der Waals surface area (Å²) in [5, 5.41) is 5.54. The molecule has 0 N–H and O–H groups in total. The van der Waals surface area contributed by atoms with E-state index in [2.05, 4.69) is 41.0 Å². The van der Waals surface area contributed by atoms with E-state index in [0.717, 1.165) is 56.1 Å². The van der Waals surface area contributed by atoms with Gasteiger partial charge in [-0.05, 0) is 60.7 Å². The molecule has 2 aromatic carbocycles. The van der Waals surface area contributed by atoms with Crippen LogP contribution in [0.5, 0.6) is 5.75 Å². The number of ether oxygens (including phenoxy) is 3. The second-order valence-corrected chi connectivity index (χ2v) is 10.5. The van der Waals surface area contributed by atoms with Gasteiger partial charge in [-0.1, -0.05) is 35.3 Å². The van der Waals surface area contributed by atoms with E-state index in [-0.39, 0.29) is 18.1 Å². The van der Waals surface area contributed by atoms with Crippen molar-refractivity contribution in [2.75, 3.05) is 32.9 Å². The van der Waals surface area contributed by atoms with Crippen LogP contribution in [0, 0.1) is 13.8 Å². The topological polar surface area (TPSA) is 61.6 Å². The third-order valence-corrected chi connectivity index (χ3v) is 7.65. The number of benzene rings is 2. The molecule has 3 atom stereocenters. The van der Waals surface area contributed by atoms with Crippen LogP contribution in [-0.4, -0.2) is 64.8 Å². The molecule has 5 rings (SSSR count). The van der Waals surface area contributed by atoms with Crippen LogP contribution in [-0.2, 0) is 22.6 Å². The SMILES string of the molecule is Cc1cc(OCC2CC(c3ccc(Cl)cc3Cl)C(Cn3cncn3)O2)c(C)cc1CN1CCOCC1. The Morgan fingerprint density at radius 1 is 1.08 bits per heavy atom. The van der Waals surface area contributed by atoms with Crippen molar-refractivity contribution in [3.05, 3.63) is 75.3 Å². The van der Waals surface area contributed by atoms with Gasteiger partial charge in [-0.3, -0.25) is 9.58 Å². The predicted molar refractivity (Wildman–Crippen MR) is 140 cm³/mol. The Kier molecular flexibility index (Phi) is 8.13. The van der Waals surface area contributed by atoms with E-state index in [1.165, 1.54) is 17.5 Å². The fourth-order valence-electron chi connectivity index (χ4n) is 5.11. The first kappa shape index (κ1) is 25.5. The van der Waals surface area contributed by atoms with Gasteiger partial charge in [0.2, 0.25) is 0 Å². The van der Waals surface area contributed by atoms with E-state index in [4.69, 9.17) is 37.4 Å². The first-order chi connectivity index (χ1) is 17.5. The van der Waals surface area contributed by atoms with Gasteiger partial charge in [-0.2, -0.15) is 5.10 Å². The van der Waals surface area contributed by atoms with Crippen LogP contribution in [0.3, 0.4) is 0 Å². The molecule has 0 saturated carbocycles. The van der Waals surface area contributed by atoms with Crippen LogP contribution in [0.2, 0.25) is 10.0 Å². The van der Waals surface area contributed by atoms with Crippen molar-refractivity contribution in [2.45, 2.75) is 51.5 Å². The maximum atomic E-state index is 6.58. The Bertz CT molecular complexity index is 1170. The van der Waals surface area contributed by atoms with Gasteiger partial charge >= 0.3 is 0 Å². The summed E-state index contributed by atoms with van der Waals surface area (Å²) in [5.74, 6) is 1.01. The number of aryl methyl sites for hydroxylation is 2. The highest BCUT2D eigenvalue weighted by Gasteiger charge is 2.38. The normalized spacial score (nSPS) is 22.7. The lowest BCUT2D eigenvalue weighted by Crippen LogP contribution is -2.35. The number of nitrogens with zero attached hydrogens (tertiary/aromatic N) is 4. The largest absolute Gasteiger partial charge is 0.491 e. The fraction of sp³-hybridized carbons (Fsp3) is 0.481. The standard InChI is InChI=1S/C27H32Cl2N4O3/c1-18-10-26(19(2)9-20(18)13-32-5-7-34-8-6-32)35-15-22-12-24(23-4-3-21(28)11-25(23)29)27(36-22)14-33-17-30-16-31-33/h3-4,9-11,16-17,22,24,27H,5-8,12-15H2,1-2H3. The van der Waals surface area contributed by atoms with Crippen LogP contribution >= 0.6 is 23.2 Å². The summed E-state index contributed by atoms with van der Waals surface area (Å²) in [7, 11) is 0. The number of aromatic nitrogens is 3. The molecule has 7 nitrogen and oxygen atoms in total. The minimum Gasteiger partial charge on any atom is -0.491 e. The highest BCUT2D eigenvalue weighted by Crippen LogP contribution is 2.40. The average Bonchev–Trinajstić information content (AvgIpc) is 3.51. The Morgan fingerprint density at radius 2 is 1.92 bits per heavy atom. The number of rotatable bonds is 8. The maximum Gasteiger partial charge on any atom is 0.137 e. The molecule has 3 unspecified atom stereocenters. The molecule has 0 amide bonds. The summed E-state index contributed by atoms with van der Waals surface area (Å²) in [4.78, 5) is 6.51. The van der Waals surface area contributed by atoms with Crippen LogP contribution < -0.4 is 4.74 Å². The Balaban J connectivity index is 1.27. The fourth-order valence-corrected chi connectivity index (χ4v) is 5.66. The van der Waals surface area contributed by atoms with Crippen molar-refractivity contribution in [3.63, 3.8) is 0 Å². The molecule has 3 aromatic rings. The average molecular weight is 531 g/mol. The van der Waals surface area contributed by atoms with Gasteiger partial charge in [-0.15, -0.1) is 0 Å². The molecule has 2 fully saturated rings. The molecule has 0 spiro atoms. The van der Waals surface area contributed by atoms with Crippen molar-refractivity contribution in [1.82, 2.24) is 19.7 Å². The van der Waals surface area contributed by atoms with Crippen LogP contribution in [0.4, 0.5) is 0 Å². The van der Waals surface area contributed by atoms with Crippen molar-refractivity contribution in [3.8, 4) is 5.75 Å². The van der Waals surface area contributed by atoms with Crippen molar-refractivity contribution in [1.29, 1.82) is 0 Å². The Morgan fingerprint density at radius 3 is 2.67 bits per heavy atom. The quantitative estimate of drug-likeness (QED) is 0.405. The third kappa shape index (κ3) is 6.03. The zero-order chi connectivity index (χ0) is 25.1. The van der Waals surface area contributed by atoms with Gasteiger partial charge in [0.25, 0.3) is 0 Å². The first-order valence-corrected chi connectivity index (χ1v) is 13.2. The van der Waals surface area contributed by atoms with Gasteiger partial charge in [0.15, 0.2) is 0 Å². The minimum atomic E-state index is -0.0993. The summed E-state index contributed by atoms with van der Waals surface area (Å²) in [6, 6.07) is 10.1. The summed E-state index contributed by atoms with van der Waals surface area (Å²) in [5.41, 5.74) is 4.75. The van der Waals surface area contributed by atoms with Gasteiger partial charge < -0.3 is 14.2 Å². The smallest absolute Gasteiger partial charge is 0.137 e. The molecule has 0 radical (unpaired) electrons. The first-order valence-electron chi connectivity index (χ1n) is 12.4. The van der Waals surface area contributed by atoms with Gasteiger partial charge in [-0.25, -0.2) is 4.98 Å². The maximum absolute atomic E-state index is 6.58. The number of hydrogen-bond donors (Lipinski definition) is 0. The van der Waals surface area contributed by atoms with Crippen LogP contribution in [0.1, 0.15) is 34.6 Å². The lowest BCUT2D eigenvalue weighted by molar-refractivity contribution is 0.00619.